The zero-order valence-electron chi connectivity index (χ0n) is 13.8. The standard InChI is InChI=1S/C17H20N4O3/c1-18-17(23)14-8-13(7-12-4-6-24-15(12)14)16(22)19-5-3-11-9-20-21(2)10-11/h7-10H,3-6H2,1-2H3,(H,18,23)(H,19,22). The first-order valence-corrected chi connectivity index (χ1v) is 7.86. The molecule has 0 saturated heterocycles. The Labute approximate surface area is 140 Å². The average molecular weight is 328 g/mol. The zero-order chi connectivity index (χ0) is 17.1. The predicted octanol–water partition coefficient (Wildman–Crippen LogP) is 0.687. The number of hydrogen-bond acceptors (Lipinski definition) is 4. The minimum atomic E-state index is -0.252. The van der Waals surface area contributed by atoms with Gasteiger partial charge in [0.05, 0.1) is 18.4 Å². The maximum Gasteiger partial charge on any atom is 0.254 e. The van der Waals surface area contributed by atoms with Crippen molar-refractivity contribution in [3.63, 3.8) is 0 Å². The molecule has 7 nitrogen and oxygen atoms in total. The molecule has 2 N–H and O–H groups in total. The van der Waals surface area contributed by atoms with Gasteiger partial charge in [-0.2, -0.15) is 5.10 Å². The molecule has 0 atom stereocenters. The minimum Gasteiger partial charge on any atom is -0.492 e. The SMILES string of the molecule is CNC(=O)c1cc(C(=O)NCCc2cnn(C)c2)cc2c1OCC2. The van der Waals surface area contributed by atoms with Gasteiger partial charge in [-0.25, -0.2) is 0 Å². The number of aryl methyl sites for hydroxylation is 1. The highest BCUT2D eigenvalue weighted by molar-refractivity contribution is 6.02. The van der Waals surface area contributed by atoms with Crippen molar-refractivity contribution in [2.75, 3.05) is 20.2 Å². The lowest BCUT2D eigenvalue weighted by atomic mass is 10.0. The number of benzene rings is 1. The van der Waals surface area contributed by atoms with Gasteiger partial charge in [-0.05, 0) is 29.7 Å². The molecule has 0 aliphatic carbocycles. The molecule has 1 aromatic heterocycles. The molecule has 0 unspecified atom stereocenters. The summed E-state index contributed by atoms with van der Waals surface area (Å²) in [5, 5.41) is 9.57. The number of amides is 2. The van der Waals surface area contributed by atoms with Crippen LogP contribution in [0.25, 0.3) is 0 Å². The van der Waals surface area contributed by atoms with E-state index in [-0.39, 0.29) is 11.8 Å². The Kier molecular flexibility index (Phi) is 4.50. The zero-order valence-corrected chi connectivity index (χ0v) is 13.8. The monoisotopic (exact) mass is 328 g/mol. The average Bonchev–Trinajstić information content (AvgIpc) is 3.21. The van der Waals surface area contributed by atoms with Gasteiger partial charge in [0.2, 0.25) is 0 Å². The Hall–Kier alpha value is -2.83. The van der Waals surface area contributed by atoms with Crippen LogP contribution in [0.1, 0.15) is 31.8 Å². The van der Waals surface area contributed by atoms with Crippen LogP contribution in [0.3, 0.4) is 0 Å². The topological polar surface area (TPSA) is 85.3 Å². The highest BCUT2D eigenvalue weighted by Gasteiger charge is 2.23. The Morgan fingerprint density at radius 1 is 1.33 bits per heavy atom. The summed E-state index contributed by atoms with van der Waals surface area (Å²) in [5.74, 6) is 0.137. The third kappa shape index (κ3) is 3.24. The van der Waals surface area contributed by atoms with Crippen molar-refractivity contribution in [1.82, 2.24) is 20.4 Å². The normalized spacial score (nSPS) is 12.4. The number of nitrogens with zero attached hydrogens (tertiary/aromatic N) is 2. The second kappa shape index (κ2) is 6.74. The van der Waals surface area contributed by atoms with Crippen molar-refractivity contribution in [3.8, 4) is 5.75 Å². The molecule has 1 aliphatic heterocycles. The molecule has 0 spiro atoms. The third-order valence-corrected chi connectivity index (χ3v) is 3.98. The molecule has 2 amide bonds. The lowest BCUT2D eigenvalue weighted by Crippen LogP contribution is -2.26. The summed E-state index contributed by atoms with van der Waals surface area (Å²) in [6, 6.07) is 3.39. The van der Waals surface area contributed by atoms with Crippen LogP contribution in [0.4, 0.5) is 0 Å². The van der Waals surface area contributed by atoms with Gasteiger partial charge >= 0.3 is 0 Å². The van der Waals surface area contributed by atoms with Crippen molar-refractivity contribution in [3.05, 3.63) is 46.8 Å². The van der Waals surface area contributed by atoms with E-state index in [1.54, 1.807) is 30.1 Å². The summed E-state index contributed by atoms with van der Waals surface area (Å²) in [6.45, 7) is 1.04. The molecular weight excluding hydrogens is 308 g/mol. The van der Waals surface area contributed by atoms with Crippen molar-refractivity contribution < 1.29 is 14.3 Å². The molecule has 1 aliphatic rings. The molecule has 126 valence electrons. The number of fused-ring (bicyclic) bond motifs is 1. The van der Waals surface area contributed by atoms with Crippen molar-refractivity contribution >= 4 is 11.8 Å². The predicted molar refractivity (Wildman–Crippen MR) is 88.3 cm³/mol. The lowest BCUT2D eigenvalue weighted by Gasteiger charge is -2.10. The first-order valence-electron chi connectivity index (χ1n) is 7.86. The molecule has 24 heavy (non-hydrogen) atoms. The van der Waals surface area contributed by atoms with Crippen molar-refractivity contribution in [1.29, 1.82) is 0 Å². The highest BCUT2D eigenvalue weighted by Crippen LogP contribution is 2.31. The quantitative estimate of drug-likeness (QED) is 0.845. The van der Waals surface area contributed by atoms with E-state index in [0.717, 1.165) is 11.1 Å². The van der Waals surface area contributed by atoms with E-state index in [2.05, 4.69) is 15.7 Å². The molecule has 0 saturated carbocycles. The highest BCUT2D eigenvalue weighted by atomic mass is 16.5. The fourth-order valence-corrected chi connectivity index (χ4v) is 2.77. The van der Waals surface area contributed by atoms with Crippen LogP contribution < -0.4 is 15.4 Å². The number of carbonyl (C=O) groups excluding carboxylic acids is 2. The van der Waals surface area contributed by atoms with Crippen LogP contribution >= 0.6 is 0 Å². The van der Waals surface area contributed by atoms with Gasteiger partial charge in [0.25, 0.3) is 11.8 Å². The van der Waals surface area contributed by atoms with E-state index >= 15 is 0 Å². The van der Waals surface area contributed by atoms with Gasteiger partial charge < -0.3 is 15.4 Å². The number of rotatable bonds is 5. The summed E-state index contributed by atoms with van der Waals surface area (Å²) in [4.78, 5) is 24.4. The van der Waals surface area contributed by atoms with Crippen molar-refractivity contribution in [2.24, 2.45) is 7.05 Å². The smallest absolute Gasteiger partial charge is 0.254 e. The van der Waals surface area contributed by atoms with Crippen LogP contribution in [0.2, 0.25) is 0 Å². The summed E-state index contributed by atoms with van der Waals surface area (Å²) in [7, 11) is 3.42. The summed E-state index contributed by atoms with van der Waals surface area (Å²) in [5.41, 5.74) is 2.84. The Morgan fingerprint density at radius 2 is 2.17 bits per heavy atom. The number of hydrogen-bond donors (Lipinski definition) is 2. The molecule has 0 radical (unpaired) electrons. The van der Waals surface area contributed by atoms with Crippen LogP contribution in [-0.2, 0) is 19.9 Å². The molecule has 1 aromatic carbocycles. The summed E-state index contributed by atoms with van der Waals surface area (Å²) in [6.07, 6.45) is 5.11. The van der Waals surface area contributed by atoms with E-state index in [0.29, 0.717) is 42.9 Å². The molecule has 7 heteroatoms. The molecule has 0 bridgehead atoms. The second-order valence-corrected chi connectivity index (χ2v) is 5.72. The largest absolute Gasteiger partial charge is 0.492 e. The van der Waals surface area contributed by atoms with Crippen molar-refractivity contribution in [2.45, 2.75) is 12.8 Å². The van der Waals surface area contributed by atoms with Gasteiger partial charge in [0.1, 0.15) is 5.75 Å². The van der Waals surface area contributed by atoms with Gasteiger partial charge in [0.15, 0.2) is 0 Å². The van der Waals surface area contributed by atoms with Crippen LogP contribution in [0, 0.1) is 0 Å². The summed E-state index contributed by atoms with van der Waals surface area (Å²) >= 11 is 0. The maximum absolute atomic E-state index is 12.4. The Bertz CT molecular complexity index is 782. The van der Waals surface area contributed by atoms with Gasteiger partial charge in [0, 0.05) is 38.8 Å². The molecule has 2 aromatic rings. The van der Waals surface area contributed by atoms with E-state index in [4.69, 9.17) is 4.74 Å². The van der Waals surface area contributed by atoms with Gasteiger partial charge in [-0.1, -0.05) is 0 Å². The van der Waals surface area contributed by atoms with Crippen LogP contribution in [-0.4, -0.2) is 41.8 Å². The number of aromatic nitrogens is 2. The van der Waals surface area contributed by atoms with Crippen LogP contribution in [0.5, 0.6) is 5.75 Å². The fraction of sp³-hybridized carbons (Fsp3) is 0.353. The second-order valence-electron chi connectivity index (χ2n) is 5.72. The maximum atomic E-state index is 12.4. The molecule has 2 heterocycles. The molecule has 0 fully saturated rings. The number of carbonyl (C=O) groups is 2. The van der Waals surface area contributed by atoms with Crippen LogP contribution in [0.15, 0.2) is 24.5 Å². The fourth-order valence-electron chi connectivity index (χ4n) is 2.77. The first kappa shape index (κ1) is 16.0. The van der Waals surface area contributed by atoms with Gasteiger partial charge in [-0.15, -0.1) is 0 Å². The summed E-state index contributed by atoms with van der Waals surface area (Å²) < 4.78 is 7.26. The number of ether oxygens (including phenoxy) is 1. The van der Waals surface area contributed by atoms with Gasteiger partial charge in [-0.3, -0.25) is 14.3 Å². The molecular formula is C17H20N4O3. The van der Waals surface area contributed by atoms with E-state index in [9.17, 15) is 9.59 Å². The minimum absolute atomic E-state index is 0.196. The Balaban J connectivity index is 1.71. The van der Waals surface area contributed by atoms with E-state index < -0.39 is 0 Å². The Morgan fingerprint density at radius 3 is 2.88 bits per heavy atom. The lowest BCUT2D eigenvalue weighted by molar-refractivity contribution is 0.0954. The molecule has 3 rings (SSSR count). The third-order valence-electron chi connectivity index (χ3n) is 3.98. The van der Waals surface area contributed by atoms with E-state index in [1.165, 1.54) is 0 Å². The first-order chi connectivity index (χ1) is 11.6. The van der Waals surface area contributed by atoms with E-state index in [1.807, 2.05) is 13.2 Å². The number of nitrogens with one attached hydrogen (secondary N) is 2.